The van der Waals surface area contributed by atoms with Crippen molar-refractivity contribution in [3.05, 3.63) is 33.9 Å². The molecule has 5 unspecified atom stereocenters. The van der Waals surface area contributed by atoms with Crippen molar-refractivity contribution in [1.29, 1.82) is 0 Å². The molecule has 70 heavy (non-hydrogen) atoms. The van der Waals surface area contributed by atoms with E-state index in [-0.39, 0.29) is 87.2 Å². The zero-order valence-corrected chi connectivity index (χ0v) is 44.3. The quantitative estimate of drug-likeness (QED) is 0.0201. The molecule has 15 nitrogen and oxygen atoms in total. The molecule has 0 aromatic heterocycles. The lowest BCUT2D eigenvalue weighted by Crippen LogP contribution is -2.34. The van der Waals surface area contributed by atoms with Crippen LogP contribution in [0.5, 0.6) is 11.5 Å². The van der Waals surface area contributed by atoms with Crippen molar-refractivity contribution >= 4 is 41.8 Å². The number of allylic oxidation sites excluding steroid dienone is 2. The number of hydrogen-bond acceptors (Lipinski definition) is 15. The van der Waals surface area contributed by atoms with E-state index in [1.807, 2.05) is 33.8 Å². The van der Waals surface area contributed by atoms with Gasteiger partial charge in [-0.05, 0) is 69.8 Å². The number of unbranched alkanes of at least 4 members (excludes halogenated alkanes) is 13. The van der Waals surface area contributed by atoms with Gasteiger partial charge in [0.1, 0.15) is 31.1 Å². The fourth-order valence-corrected chi connectivity index (χ4v) is 8.35. The smallest absolute Gasteiger partial charge is 0.342 e. The standard InChI is InChI=1S/C55H86O15/c1-11-12-13-14-15-16-17-18-19-20-21-22-23-26-48(58)67-35-44(34-66-43(8)56)69-54(61)41(6)39(4)33-38(3)40(5)53(60)65-32-25-24-27-49(59)70-52-45(30-28-37(2)29-31-47(57)63-9)51(64-10)42(7)46-36-68-55(62)50(46)52/h28,38-41,44H,11-27,29-36H2,1-10H3/b37-28+. The molecule has 0 saturated heterocycles. The van der Waals surface area contributed by atoms with Gasteiger partial charge in [0.05, 0.1) is 32.7 Å². The maximum Gasteiger partial charge on any atom is 0.342 e. The lowest BCUT2D eigenvalue weighted by molar-refractivity contribution is -0.170. The van der Waals surface area contributed by atoms with Gasteiger partial charge >= 0.3 is 41.8 Å². The van der Waals surface area contributed by atoms with Crippen LogP contribution in [0.3, 0.4) is 0 Å². The van der Waals surface area contributed by atoms with Crippen molar-refractivity contribution in [2.45, 2.75) is 203 Å². The Morgan fingerprint density at radius 2 is 1.20 bits per heavy atom. The molecule has 1 heterocycles. The van der Waals surface area contributed by atoms with Crippen LogP contribution in [0.2, 0.25) is 0 Å². The van der Waals surface area contributed by atoms with Gasteiger partial charge in [-0.15, -0.1) is 0 Å². The van der Waals surface area contributed by atoms with Gasteiger partial charge in [-0.25, -0.2) is 4.79 Å². The summed E-state index contributed by atoms with van der Waals surface area (Å²) >= 11 is 0. The normalized spacial score (nSPS) is 14.3. The Hall–Kier alpha value is -4.95. The highest BCUT2D eigenvalue weighted by Gasteiger charge is 2.35. The average molecular weight is 987 g/mol. The minimum absolute atomic E-state index is 0.00780. The summed E-state index contributed by atoms with van der Waals surface area (Å²) in [4.78, 5) is 88.3. The van der Waals surface area contributed by atoms with E-state index in [2.05, 4.69) is 6.92 Å². The molecule has 0 radical (unpaired) electrons. The van der Waals surface area contributed by atoms with Crippen LogP contribution in [0.15, 0.2) is 11.6 Å². The highest BCUT2D eigenvalue weighted by molar-refractivity contribution is 5.99. The zero-order chi connectivity index (χ0) is 52.0. The van der Waals surface area contributed by atoms with Gasteiger partial charge in [-0.3, -0.25) is 28.8 Å². The molecular weight excluding hydrogens is 901 g/mol. The predicted octanol–water partition coefficient (Wildman–Crippen LogP) is 11.2. The molecule has 0 bridgehead atoms. The summed E-state index contributed by atoms with van der Waals surface area (Å²) in [6.45, 7) is 14.1. The molecule has 0 fully saturated rings. The molecule has 1 aromatic carbocycles. The maximum atomic E-state index is 13.3. The third-order valence-electron chi connectivity index (χ3n) is 13.3. The lowest BCUT2D eigenvalue weighted by Gasteiger charge is -2.26. The molecule has 1 aliphatic rings. The first-order valence-electron chi connectivity index (χ1n) is 25.9. The third kappa shape index (κ3) is 22.9. The molecule has 0 amide bonds. The number of methoxy groups -OCH3 is 2. The monoisotopic (exact) mass is 987 g/mol. The molecule has 15 heteroatoms. The second-order valence-corrected chi connectivity index (χ2v) is 19.1. The summed E-state index contributed by atoms with van der Waals surface area (Å²) in [6.07, 6.45) is 19.0. The van der Waals surface area contributed by atoms with E-state index in [0.717, 1.165) is 31.3 Å². The van der Waals surface area contributed by atoms with Crippen LogP contribution in [0, 0.1) is 30.6 Å². The number of carbonyl (C=O) groups excluding carboxylic acids is 7. The van der Waals surface area contributed by atoms with Crippen LogP contribution < -0.4 is 9.47 Å². The van der Waals surface area contributed by atoms with E-state index in [1.165, 1.54) is 78.9 Å². The largest absolute Gasteiger partial charge is 0.496 e. The fourth-order valence-electron chi connectivity index (χ4n) is 8.35. The Morgan fingerprint density at radius 1 is 0.643 bits per heavy atom. The number of benzene rings is 1. The maximum absolute atomic E-state index is 13.3. The second-order valence-electron chi connectivity index (χ2n) is 19.1. The minimum atomic E-state index is -0.957. The van der Waals surface area contributed by atoms with Crippen LogP contribution >= 0.6 is 0 Å². The van der Waals surface area contributed by atoms with E-state index in [0.29, 0.717) is 48.1 Å². The third-order valence-corrected chi connectivity index (χ3v) is 13.3. The van der Waals surface area contributed by atoms with E-state index in [1.54, 1.807) is 13.8 Å². The highest BCUT2D eigenvalue weighted by atomic mass is 16.6. The number of cyclic esters (lactones) is 1. The highest BCUT2D eigenvalue weighted by Crippen LogP contribution is 2.43. The van der Waals surface area contributed by atoms with E-state index in [4.69, 9.17) is 37.9 Å². The molecular formula is C55H86O15. The number of ether oxygens (including phenoxy) is 8. The van der Waals surface area contributed by atoms with E-state index < -0.39 is 47.8 Å². The summed E-state index contributed by atoms with van der Waals surface area (Å²) < 4.78 is 43.5. The van der Waals surface area contributed by atoms with Crippen molar-refractivity contribution in [2.75, 3.05) is 34.0 Å². The summed E-state index contributed by atoms with van der Waals surface area (Å²) in [5, 5.41) is 0. The van der Waals surface area contributed by atoms with Crippen LogP contribution in [0.4, 0.5) is 0 Å². The van der Waals surface area contributed by atoms with Crippen LogP contribution in [-0.4, -0.2) is 81.9 Å². The summed E-state index contributed by atoms with van der Waals surface area (Å²) in [7, 11) is 2.84. The fraction of sp³-hybridized carbons (Fsp3) is 0.727. The van der Waals surface area contributed by atoms with Crippen LogP contribution in [0.25, 0.3) is 0 Å². The van der Waals surface area contributed by atoms with Gasteiger partial charge in [-0.2, -0.15) is 0 Å². The molecule has 2 rings (SSSR count). The molecule has 0 N–H and O–H groups in total. The van der Waals surface area contributed by atoms with Crippen LogP contribution in [-0.2, 0) is 70.2 Å². The second kappa shape index (κ2) is 34.4. The van der Waals surface area contributed by atoms with Gasteiger partial charge < -0.3 is 37.9 Å². The molecule has 1 aromatic rings. The molecule has 0 saturated carbocycles. The number of fused-ring (bicyclic) bond motifs is 1. The minimum Gasteiger partial charge on any atom is -0.496 e. The van der Waals surface area contributed by atoms with Crippen molar-refractivity contribution in [1.82, 2.24) is 0 Å². The summed E-state index contributed by atoms with van der Waals surface area (Å²) in [5.41, 5.74) is 2.91. The summed E-state index contributed by atoms with van der Waals surface area (Å²) in [6, 6.07) is 0. The number of esters is 7. The van der Waals surface area contributed by atoms with Gasteiger partial charge in [-0.1, -0.05) is 123 Å². The van der Waals surface area contributed by atoms with Crippen molar-refractivity contribution in [3.8, 4) is 11.5 Å². The molecule has 5 atom stereocenters. The lowest BCUT2D eigenvalue weighted by atomic mass is 9.82. The predicted molar refractivity (Wildman–Crippen MR) is 265 cm³/mol. The molecule has 396 valence electrons. The number of carbonyl (C=O) groups is 7. The van der Waals surface area contributed by atoms with Crippen molar-refractivity contribution in [3.63, 3.8) is 0 Å². The van der Waals surface area contributed by atoms with Gasteiger partial charge in [0, 0.05) is 37.3 Å². The van der Waals surface area contributed by atoms with Gasteiger partial charge in [0.15, 0.2) is 11.9 Å². The Balaban J connectivity index is 1.81. The topological polar surface area (TPSA) is 193 Å². The summed E-state index contributed by atoms with van der Waals surface area (Å²) in [5.74, 6) is -4.21. The Morgan fingerprint density at radius 3 is 1.79 bits per heavy atom. The zero-order valence-electron chi connectivity index (χ0n) is 44.3. The van der Waals surface area contributed by atoms with Crippen molar-refractivity contribution < 1.29 is 71.5 Å². The molecule has 1 aliphatic heterocycles. The Labute approximate surface area is 418 Å². The molecule has 0 spiro atoms. The first kappa shape index (κ1) is 61.2. The van der Waals surface area contributed by atoms with E-state index >= 15 is 0 Å². The van der Waals surface area contributed by atoms with Gasteiger partial charge in [0.25, 0.3) is 0 Å². The van der Waals surface area contributed by atoms with Crippen molar-refractivity contribution in [2.24, 2.45) is 23.7 Å². The SMILES string of the molecule is CCCCCCCCCCCCCCCC(=O)OCC(COC(C)=O)OC(=O)C(C)C(C)CC(C)C(C)C(=O)OCCCCC(=O)Oc1c(C/C=C(\C)CCC(=O)OC)c(OC)c(C)c2c1C(=O)OC2. The van der Waals surface area contributed by atoms with E-state index in [9.17, 15) is 33.6 Å². The first-order chi connectivity index (χ1) is 33.4. The average Bonchev–Trinajstić information content (AvgIpc) is 3.73. The Bertz CT molecular complexity index is 1850. The first-order valence-corrected chi connectivity index (χ1v) is 25.9. The van der Waals surface area contributed by atoms with Crippen LogP contribution in [0.1, 0.15) is 204 Å². The number of rotatable bonds is 37. The Kier molecular flexibility index (Phi) is 30.0. The number of hydrogen-bond donors (Lipinski definition) is 0. The molecule has 0 aliphatic carbocycles. The van der Waals surface area contributed by atoms with Gasteiger partial charge in [0.2, 0.25) is 0 Å².